The summed E-state index contributed by atoms with van der Waals surface area (Å²) in [4.78, 5) is 0. The van der Waals surface area contributed by atoms with Crippen LogP contribution < -0.4 is 0 Å². The zero-order valence-electron chi connectivity index (χ0n) is 12.5. The Morgan fingerprint density at radius 3 is 1.60 bits per heavy atom. The van der Waals surface area contributed by atoms with Crippen molar-refractivity contribution in [2.45, 2.75) is 32.6 Å². The molecule has 1 saturated carbocycles. The second-order valence-corrected chi connectivity index (χ2v) is 5.92. The molecule has 0 aromatic rings. The normalized spacial score (nSPS) is 30.1. The Hall–Kier alpha value is -1.56. The Kier molecular flexibility index (Phi) is 5.86. The lowest BCUT2D eigenvalue weighted by Crippen LogP contribution is -2.06. The van der Waals surface area contributed by atoms with Gasteiger partial charge in [-0.05, 0) is 50.4 Å². The smallest absolute Gasteiger partial charge is 0.0140 e. The molecule has 4 aliphatic carbocycles. The molecule has 2 bridgehead atoms. The van der Waals surface area contributed by atoms with E-state index in [4.69, 9.17) is 0 Å². The fraction of sp³-hybridized carbons (Fsp3) is 0.400. The summed E-state index contributed by atoms with van der Waals surface area (Å²) in [5.41, 5.74) is 1.39. The standard InChI is InChI=1S/C10H14.2C5H6/c1-7(2)10-6-8-3-4-9(10)5-8;2*1-2-4-5-3-1/h3-4,8-10H,1,5-6H2,2H3;2*1-4H,5H2. The lowest BCUT2D eigenvalue weighted by molar-refractivity contribution is 0.521. The molecular formula is C20H26. The van der Waals surface area contributed by atoms with Crippen molar-refractivity contribution in [3.63, 3.8) is 0 Å². The average Bonchev–Trinajstić information content (AvgIpc) is 3.26. The Labute approximate surface area is 124 Å². The van der Waals surface area contributed by atoms with Gasteiger partial charge in [0, 0.05) is 0 Å². The first-order valence-corrected chi connectivity index (χ1v) is 7.74. The minimum atomic E-state index is 0.815. The molecule has 0 N–H and O–H groups in total. The summed E-state index contributed by atoms with van der Waals surface area (Å²) in [6.07, 6.45) is 26.5. The number of fused-ring (bicyclic) bond motifs is 2. The van der Waals surface area contributed by atoms with Crippen molar-refractivity contribution in [2.24, 2.45) is 17.8 Å². The first-order chi connectivity index (χ1) is 9.77. The third kappa shape index (κ3) is 4.52. The van der Waals surface area contributed by atoms with Gasteiger partial charge in [0.1, 0.15) is 0 Å². The van der Waals surface area contributed by atoms with Gasteiger partial charge in [-0.25, -0.2) is 0 Å². The Balaban J connectivity index is 0.000000124. The fourth-order valence-corrected chi connectivity index (χ4v) is 3.13. The van der Waals surface area contributed by atoms with Crippen LogP contribution in [0.3, 0.4) is 0 Å². The molecule has 0 aliphatic heterocycles. The van der Waals surface area contributed by atoms with Gasteiger partial charge in [-0.1, -0.05) is 72.9 Å². The number of rotatable bonds is 1. The molecule has 0 saturated heterocycles. The summed E-state index contributed by atoms with van der Waals surface area (Å²) in [7, 11) is 0. The van der Waals surface area contributed by atoms with Crippen molar-refractivity contribution >= 4 is 0 Å². The third-order valence-electron chi connectivity index (χ3n) is 4.22. The molecule has 0 heterocycles. The molecule has 106 valence electrons. The van der Waals surface area contributed by atoms with Crippen LogP contribution in [0.15, 0.2) is 72.9 Å². The number of allylic oxidation sites excluding steroid dienone is 11. The molecule has 0 heteroatoms. The fourth-order valence-electron chi connectivity index (χ4n) is 3.13. The largest absolute Gasteiger partial charge is 0.0998 e. The Bertz CT molecular complexity index is 414. The van der Waals surface area contributed by atoms with Crippen LogP contribution in [0.25, 0.3) is 0 Å². The van der Waals surface area contributed by atoms with Gasteiger partial charge < -0.3 is 0 Å². The van der Waals surface area contributed by atoms with Gasteiger partial charge in [0.05, 0.1) is 0 Å². The van der Waals surface area contributed by atoms with E-state index >= 15 is 0 Å². The van der Waals surface area contributed by atoms with E-state index in [0.29, 0.717) is 0 Å². The van der Waals surface area contributed by atoms with Gasteiger partial charge in [0.15, 0.2) is 0 Å². The molecule has 4 rings (SSSR count). The van der Waals surface area contributed by atoms with Crippen LogP contribution in [0, 0.1) is 17.8 Å². The third-order valence-corrected chi connectivity index (χ3v) is 4.22. The quantitative estimate of drug-likeness (QED) is 0.528. The molecule has 0 nitrogen and oxygen atoms in total. The molecule has 3 atom stereocenters. The van der Waals surface area contributed by atoms with E-state index in [1.807, 2.05) is 0 Å². The van der Waals surface area contributed by atoms with Crippen LogP contribution in [0.5, 0.6) is 0 Å². The van der Waals surface area contributed by atoms with E-state index in [9.17, 15) is 0 Å². The summed E-state index contributed by atoms with van der Waals surface area (Å²) >= 11 is 0. The van der Waals surface area contributed by atoms with E-state index < -0.39 is 0 Å². The van der Waals surface area contributed by atoms with Crippen LogP contribution in [0.4, 0.5) is 0 Å². The molecule has 0 radical (unpaired) electrons. The average molecular weight is 266 g/mol. The molecule has 3 unspecified atom stereocenters. The second kappa shape index (κ2) is 7.89. The zero-order valence-corrected chi connectivity index (χ0v) is 12.5. The maximum atomic E-state index is 4.02. The predicted molar refractivity (Wildman–Crippen MR) is 89.5 cm³/mol. The van der Waals surface area contributed by atoms with Crippen molar-refractivity contribution in [1.82, 2.24) is 0 Å². The van der Waals surface area contributed by atoms with E-state index in [1.54, 1.807) is 0 Å². The summed E-state index contributed by atoms with van der Waals surface area (Å²) in [5, 5.41) is 0. The highest BCUT2D eigenvalue weighted by Gasteiger charge is 2.35. The van der Waals surface area contributed by atoms with Crippen molar-refractivity contribution in [2.75, 3.05) is 0 Å². The monoisotopic (exact) mass is 266 g/mol. The zero-order chi connectivity index (χ0) is 14.2. The van der Waals surface area contributed by atoms with E-state index in [1.165, 1.54) is 18.4 Å². The van der Waals surface area contributed by atoms with Gasteiger partial charge in [0.2, 0.25) is 0 Å². The molecule has 0 aromatic heterocycles. The minimum absolute atomic E-state index is 0.815. The highest BCUT2D eigenvalue weighted by molar-refractivity contribution is 5.17. The summed E-state index contributed by atoms with van der Waals surface area (Å²) in [5.74, 6) is 2.56. The molecule has 1 fully saturated rings. The maximum Gasteiger partial charge on any atom is -0.0140 e. The molecule has 4 aliphatic rings. The van der Waals surface area contributed by atoms with Crippen LogP contribution in [-0.4, -0.2) is 0 Å². The molecule has 0 spiro atoms. The molecule has 0 amide bonds. The summed E-state index contributed by atoms with van der Waals surface area (Å²) in [6.45, 7) is 6.19. The van der Waals surface area contributed by atoms with Gasteiger partial charge in [-0.3, -0.25) is 0 Å². The number of hydrogen-bond donors (Lipinski definition) is 0. The highest BCUT2D eigenvalue weighted by Crippen LogP contribution is 2.45. The molecular weight excluding hydrogens is 240 g/mol. The topological polar surface area (TPSA) is 0 Å². The van der Waals surface area contributed by atoms with Gasteiger partial charge in [-0.15, -0.1) is 0 Å². The minimum Gasteiger partial charge on any atom is -0.0998 e. The first kappa shape index (κ1) is 14.8. The SMILES string of the molecule is C1=CCC=C1.C1=CCC=C1.C=C(C)C1CC2C=CC1C2. The van der Waals surface area contributed by atoms with Crippen molar-refractivity contribution in [3.05, 3.63) is 72.9 Å². The lowest BCUT2D eigenvalue weighted by atomic mass is 9.88. The van der Waals surface area contributed by atoms with Crippen LogP contribution in [0.1, 0.15) is 32.6 Å². The maximum absolute atomic E-state index is 4.02. The van der Waals surface area contributed by atoms with Crippen molar-refractivity contribution in [1.29, 1.82) is 0 Å². The predicted octanol–water partition coefficient (Wildman–Crippen LogP) is 5.78. The van der Waals surface area contributed by atoms with Gasteiger partial charge in [0.25, 0.3) is 0 Å². The summed E-state index contributed by atoms with van der Waals surface area (Å²) in [6, 6.07) is 0. The van der Waals surface area contributed by atoms with Crippen LogP contribution >= 0.6 is 0 Å². The van der Waals surface area contributed by atoms with E-state index in [-0.39, 0.29) is 0 Å². The van der Waals surface area contributed by atoms with Gasteiger partial charge in [-0.2, -0.15) is 0 Å². The Morgan fingerprint density at radius 1 is 0.850 bits per heavy atom. The van der Waals surface area contributed by atoms with Crippen LogP contribution in [-0.2, 0) is 0 Å². The first-order valence-electron chi connectivity index (χ1n) is 7.74. The highest BCUT2D eigenvalue weighted by atomic mass is 14.4. The lowest BCUT2D eigenvalue weighted by Gasteiger charge is -2.17. The van der Waals surface area contributed by atoms with E-state index in [2.05, 4.69) is 74.3 Å². The Morgan fingerprint density at radius 2 is 1.40 bits per heavy atom. The van der Waals surface area contributed by atoms with Crippen molar-refractivity contribution in [3.8, 4) is 0 Å². The van der Waals surface area contributed by atoms with E-state index in [0.717, 1.165) is 30.6 Å². The molecule has 20 heavy (non-hydrogen) atoms. The number of hydrogen-bond acceptors (Lipinski definition) is 0. The van der Waals surface area contributed by atoms with Crippen molar-refractivity contribution < 1.29 is 0 Å². The van der Waals surface area contributed by atoms with Gasteiger partial charge >= 0.3 is 0 Å². The van der Waals surface area contributed by atoms with Crippen LogP contribution in [0.2, 0.25) is 0 Å². The second-order valence-electron chi connectivity index (χ2n) is 5.92. The molecule has 0 aromatic carbocycles. The summed E-state index contributed by atoms with van der Waals surface area (Å²) < 4.78 is 0.